The van der Waals surface area contributed by atoms with Gasteiger partial charge in [-0.3, -0.25) is 9.69 Å². The second-order valence-corrected chi connectivity index (χ2v) is 7.01. The molecule has 3 heterocycles. The van der Waals surface area contributed by atoms with E-state index < -0.39 is 6.10 Å². The number of ether oxygens (including phenoxy) is 2. The summed E-state index contributed by atoms with van der Waals surface area (Å²) in [6.45, 7) is 8.13. The molecule has 3 rings (SSSR count). The lowest BCUT2D eigenvalue weighted by molar-refractivity contribution is -0.159. The maximum absolute atomic E-state index is 12.4. The molecular formula is C16H24N2O3S. The van der Waals surface area contributed by atoms with Gasteiger partial charge in [0.1, 0.15) is 0 Å². The zero-order chi connectivity index (χ0) is 15.4. The zero-order valence-electron chi connectivity index (χ0n) is 13.1. The number of aryl methyl sites for hydroxylation is 1. The van der Waals surface area contributed by atoms with E-state index in [1.807, 2.05) is 16.2 Å². The maximum atomic E-state index is 12.4. The lowest BCUT2D eigenvalue weighted by Crippen LogP contribution is -2.53. The molecule has 1 aromatic heterocycles. The van der Waals surface area contributed by atoms with E-state index in [0.717, 1.165) is 39.1 Å². The van der Waals surface area contributed by atoms with E-state index in [2.05, 4.69) is 24.0 Å². The van der Waals surface area contributed by atoms with Crippen LogP contribution in [-0.2, 0) is 27.2 Å². The van der Waals surface area contributed by atoms with Crippen LogP contribution in [0.2, 0.25) is 0 Å². The molecule has 0 N–H and O–H groups in total. The molecule has 5 nitrogen and oxygen atoms in total. The van der Waals surface area contributed by atoms with Gasteiger partial charge in [-0.05, 0) is 18.6 Å². The molecule has 1 amide bonds. The first-order chi connectivity index (χ1) is 10.8. The third-order valence-electron chi connectivity index (χ3n) is 4.22. The SMILES string of the molecule is CCc1ccc(CN2CCN(C(=O)[C@@H]3COCCO3)CC2)s1. The number of nitrogens with zero attached hydrogens (tertiary/aromatic N) is 2. The van der Waals surface area contributed by atoms with Crippen molar-refractivity contribution < 1.29 is 14.3 Å². The third-order valence-corrected chi connectivity index (χ3v) is 5.43. The van der Waals surface area contributed by atoms with E-state index in [-0.39, 0.29) is 5.91 Å². The lowest BCUT2D eigenvalue weighted by Gasteiger charge is -2.36. The van der Waals surface area contributed by atoms with Crippen LogP contribution in [-0.4, -0.2) is 67.8 Å². The van der Waals surface area contributed by atoms with Crippen molar-refractivity contribution in [1.29, 1.82) is 0 Å². The fourth-order valence-electron chi connectivity index (χ4n) is 2.88. The smallest absolute Gasteiger partial charge is 0.254 e. The first-order valence-corrected chi connectivity index (χ1v) is 8.86. The summed E-state index contributed by atoms with van der Waals surface area (Å²) in [5, 5.41) is 0. The van der Waals surface area contributed by atoms with Gasteiger partial charge in [0.15, 0.2) is 6.10 Å². The second kappa shape index (κ2) is 7.55. The predicted octanol–water partition coefficient (Wildman–Crippen LogP) is 1.37. The van der Waals surface area contributed by atoms with E-state index >= 15 is 0 Å². The Bertz CT molecular complexity index is 491. The molecule has 0 aliphatic carbocycles. The van der Waals surface area contributed by atoms with E-state index in [1.54, 1.807) is 0 Å². The van der Waals surface area contributed by atoms with Crippen LogP contribution < -0.4 is 0 Å². The fourth-order valence-corrected chi connectivity index (χ4v) is 3.88. The van der Waals surface area contributed by atoms with E-state index in [1.165, 1.54) is 9.75 Å². The third kappa shape index (κ3) is 3.87. The minimum absolute atomic E-state index is 0.0868. The molecule has 0 unspecified atom stereocenters. The Hall–Kier alpha value is -0.950. The molecule has 1 atom stereocenters. The largest absolute Gasteiger partial charge is 0.376 e. The number of hydrogen-bond donors (Lipinski definition) is 0. The van der Waals surface area contributed by atoms with Crippen LogP contribution in [0.3, 0.4) is 0 Å². The average Bonchev–Trinajstić information content (AvgIpc) is 3.03. The minimum Gasteiger partial charge on any atom is -0.376 e. The van der Waals surface area contributed by atoms with Gasteiger partial charge in [0.05, 0.1) is 19.8 Å². The molecule has 0 bridgehead atoms. The quantitative estimate of drug-likeness (QED) is 0.839. The maximum Gasteiger partial charge on any atom is 0.254 e. The Morgan fingerprint density at radius 3 is 2.64 bits per heavy atom. The van der Waals surface area contributed by atoms with Crippen LogP contribution in [0, 0.1) is 0 Å². The first-order valence-electron chi connectivity index (χ1n) is 8.04. The molecule has 2 aliphatic heterocycles. The molecule has 122 valence electrons. The molecule has 2 aliphatic rings. The molecular weight excluding hydrogens is 300 g/mol. The highest BCUT2D eigenvalue weighted by Crippen LogP contribution is 2.19. The van der Waals surface area contributed by atoms with Crippen LogP contribution in [0.15, 0.2) is 12.1 Å². The van der Waals surface area contributed by atoms with Crippen LogP contribution >= 0.6 is 11.3 Å². The molecule has 2 fully saturated rings. The summed E-state index contributed by atoms with van der Waals surface area (Å²) < 4.78 is 10.8. The normalized spacial score (nSPS) is 23.7. The average molecular weight is 324 g/mol. The highest BCUT2D eigenvalue weighted by molar-refractivity contribution is 7.11. The Labute approximate surface area is 135 Å². The van der Waals surface area contributed by atoms with Gasteiger partial charge in [0.25, 0.3) is 5.91 Å². The zero-order valence-corrected chi connectivity index (χ0v) is 13.9. The molecule has 0 spiro atoms. The molecule has 22 heavy (non-hydrogen) atoms. The van der Waals surface area contributed by atoms with Gasteiger partial charge in [-0.15, -0.1) is 11.3 Å². The lowest BCUT2D eigenvalue weighted by atomic mass is 10.2. The highest BCUT2D eigenvalue weighted by atomic mass is 32.1. The van der Waals surface area contributed by atoms with Gasteiger partial charge in [-0.1, -0.05) is 6.92 Å². The molecule has 6 heteroatoms. The van der Waals surface area contributed by atoms with Crippen molar-refractivity contribution in [2.24, 2.45) is 0 Å². The monoisotopic (exact) mass is 324 g/mol. The van der Waals surface area contributed by atoms with Gasteiger partial charge in [0.2, 0.25) is 0 Å². The highest BCUT2D eigenvalue weighted by Gasteiger charge is 2.29. The molecule has 0 saturated carbocycles. The Balaban J connectivity index is 1.46. The van der Waals surface area contributed by atoms with Crippen molar-refractivity contribution in [2.45, 2.75) is 26.0 Å². The predicted molar refractivity (Wildman–Crippen MR) is 86.1 cm³/mol. The molecule has 0 radical (unpaired) electrons. The summed E-state index contributed by atoms with van der Waals surface area (Å²) in [6.07, 6.45) is 0.709. The summed E-state index contributed by atoms with van der Waals surface area (Å²) in [7, 11) is 0. The van der Waals surface area contributed by atoms with Crippen molar-refractivity contribution in [2.75, 3.05) is 46.0 Å². The number of hydrogen-bond acceptors (Lipinski definition) is 5. The summed E-state index contributed by atoms with van der Waals surface area (Å²) in [5.74, 6) is 0.0868. The van der Waals surface area contributed by atoms with Crippen molar-refractivity contribution in [3.05, 3.63) is 21.9 Å². The summed E-state index contributed by atoms with van der Waals surface area (Å²) in [4.78, 5) is 19.6. The summed E-state index contributed by atoms with van der Waals surface area (Å²) >= 11 is 1.90. The summed E-state index contributed by atoms with van der Waals surface area (Å²) in [5.41, 5.74) is 0. The first kappa shape index (κ1) is 15.9. The molecule has 1 aromatic rings. The molecule has 2 saturated heterocycles. The topological polar surface area (TPSA) is 42.0 Å². The standard InChI is InChI=1S/C16H24N2O3S/c1-2-13-3-4-14(22-13)11-17-5-7-18(8-6-17)16(19)15-12-20-9-10-21-15/h3-4,15H,2,5-12H2,1H3/t15-/m0/s1. The number of amides is 1. The van der Waals surface area contributed by atoms with Crippen LogP contribution in [0.1, 0.15) is 16.7 Å². The minimum atomic E-state index is -0.398. The van der Waals surface area contributed by atoms with E-state index in [4.69, 9.17) is 9.47 Å². The number of carbonyl (C=O) groups is 1. The summed E-state index contributed by atoms with van der Waals surface area (Å²) in [6, 6.07) is 4.45. The van der Waals surface area contributed by atoms with Crippen molar-refractivity contribution in [1.82, 2.24) is 9.80 Å². The van der Waals surface area contributed by atoms with Gasteiger partial charge < -0.3 is 14.4 Å². The van der Waals surface area contributed by atoms with Crippen LogP contribution in [0.25, 0.3) is 0 Å². The van der Waals surface area contributed by atoms with Crippen LogP contribution in [0.5, 0.6) is 0 Å². The Morgan fingerprint density at radius 2 is 2.00 bits per heavy atom. The van der Waals surface area contributed by atoms with Gasteiger partial charge in [-0.25, -0.2) is 0 Å². The van der Waals surface area contributed by atoms with Gasteiger partial charge in [-0.2, -0.15) is 0 Å². The van der Waals surface area contributed by atoms with Gasteiger partial charge >= 0.3 is 0 Å². The Kier molecular flexibility index (Phi) is 5.46. The fraction of sp³-hybridized carbons (Fsp3) is 0.688. The second-order valence-electron chi connectivity index (χ2n) is 5.76. The van der Waals surface area contributed by atoms with Crippen LogP contribution in [0.4, 0.5) is 0 Å². The van der Waals surface area contributed by atoms with Gasteiger partial charge in [0, 0.05) is 42.5 Å². The van der Waals surface area contributed by atoms with E-state index in [0.29, 0.717) is 19.8 Å². The number of carbonyl (C=O) groups excluding carboxylic acids is 1. The Morgan fingerprint density at radius 1 is 1.23 bits per heavy atom. The van der Waals surface area contributed by atoms with Crippen molar-refractivity contribution in [3.63, 3.8) is 0 Å². The van der Waals surface area contributed by atoms with E-state index in [9.17, 15) is 4.79 Å². The van der Waals surface area contributed by atoms with Crippen molar-refractivity contribution >= 4 is 17.2 Å². The molecule has 0 aromatic carbocycles. The number of rotatable bonds is 4. The number of piperazine rings is 1. The number of thiophene rings is 1. The van der Waals surface area contributed by atoms with Crippen molar-refractivity contribution in [3.8, 4) is 0 Å².